The van der Waals surface area contributed by atoms with Crippen LogP contribution in [0.15, 0.2) is 12.2 Å². The molecule has 1 fully saturated rings. The second kappa shape index (κ2) is 7.10. The molecule has 21 heavy (non-hydrogen) atoms. The van der Waals surface area contributed by atoms with E-state index in [-0.39, 0.29) is 17.8 Å². The Kier molecular flexibility index (Phi) is 5.43. The van der Waals surface area contributed by atoms with Crippen LogP contribution in [0.3, 0.4) is 0 Å². The van der Waals surface area contributed by atoms with Crippen molar-refractivity contribution in [3.05, 3.63) is 12.2 Å². The van der Waals surface area contributed by atoms with E-state index >= 15 is 0 Å². The van der Waals surface area contributed by atoms with E-state index in [2.05, 4.69) is 19.1 Å². The lowest BCUT2D eigenvalue weighted by molar-refractivity contribution is -0.157. The Morgan fingerprint density at radius 1 is 1.38 bits per heavy atom. The summed E-state index contributed by atoms with van der Waals surface area (Å²) < 4.78 is 5.57. The number of hydrogen-bond donors (Lipinski definition) is 0. The molecule has 1 heterocycles. The van der Waals surface area contributed by atoms with E-state index in [1.54, 1.807) is 4.90 Å². The molecule has 3 unspecified atom stereocenters. The van der Waals surface area contributed by atoms with Crippen molar-refractivity contribution in [3.8, 4) is 0 Å². The largest absolute Gasteiger partial charge is 0.464 e. The van der Waals surface area contributed by atoms with Gasteiger partial charge in [-0.2, -0.15) is 0 Å². The van der Waals surface area contributed by atoms with Gasteiger partial charge in [-0.3, -0.25) is 4.79 Å². The molecule has 4 heteroatoms. The van der Waals surface area contributed by atoms with Crippen molar-refractivity contribution in [1.82, 2.24) is 4.90 Å². The second-order valence-corrected chi connectivity index (χ2v) is 6.69. The van der Waals surface area contributed by atoms with Gasteiger partial charge in [-0.1, -0.05) is 32.9 Å². The molecule has 0 aromatic carbocycles. The topological polar surface area (TPSA) is 46.6 Å². The van der Waals surface area contributed by atoms with Crippen molar-refractivity contribution in [2.24, 2.45) is 17.8 Å². The molecule has 4 nitrogen and oxygen atoms in total. The van der Waals surface area contributed by atoms with Crippen LogP contribution in [0.2, 0.25) is 0 Å². The standard InChI is InChI=1S/C17H27NO3/c1-12(2)16(18-10-6-9-15(18)19)17(20)21-11-14-8-5-4-7-13(14)3/h4-5,12-14,16H,6-11H2,1-3H3. The average Bonchev–Trinajstić information content (AvgIpc) is 2.84. The highest BCUT2D eigenvalue weighted by molar-refractivity contribution is 5.86. The van der Waals surface area contributed by atoms with E-state index in [1.165, 1.54) is 0 Å². The van der Waals surface area contributed by atoms with Crippen molar-refractivity contribution in [3.63, 3.8) is 0 Å². The van der Waals surface area contributed by atoms with Gasteiger partial charge in [0.1, 0.15) is 6.04 Å². The molecule has 2 rings (SSSR count). The third-order valence-corrected chi connectivity index (χ3v) is 4.68. The van der Waals surface area contributed by atoms with Gasteiger partial charge >= 0.3 is 5.97 Å². The number of carbonyl (C=O) groups is 2. The quantitative estimate of drug-likeness (QED) is 0.578. The highest BCUT2D eigenvalue weighted by atomic mass is 16.5. The first-order valence-electron chi connectivity index (χ1n) is 8.11. The molecule has 1 saturated heterocycles. The number of carbonyl (C=O) groups excluding carboxylic acids is 2. The van der Waals surface area contributed by atoms with Crippen molar-refractivity contribution < 1.29 is 14.3 Å². The van der Waals surface area contributed by atoms with Gasteiger partial charge in [-0.05, 0) is 37.0 Å². The number of esters is 1. The Morgan fingerprint density at radius 3 is 2.67 bits per heavy atom. The first-order valence-corrected chi connectivity index (χ1v) is 8.11. The number of hydrogen-bond acceptors (Lipinski definition) is 3. The maximum atomic E-state index is 12.4. The first-order chi connectivity index (χ1) is 10.0. The predicted octanol–water partition coefficient (Wildman–Crippen LogP) is 2.78. The van der Waals surface area contributed by atoms with Crippen molar-refractivity contribution in [2.45, 2.75) is 52.5 Å². The highest BCUT2D eigenvalue weighted by Gasteiger charge is 2.36. The Hall–Kier alpha value is -1.32. The Labute approximate surface area is 127 Å². The monoisotopic (exact) mass is 293 g/mol. The summed E-state index contributed by atoms with van der Waals surface area (Å²) in [5, 5.41) is 0. The van der Waals surface area contributed by atoms with Crippen molar-refractivity contribution in [2.75, 3.05) is 13.2 Å². The lowest BCUT2D eigenvalue weighted by atomic mass is 9.85. The fourth-order valence-corrected chi connectivity index (χ4v) is 3.24. The van der Waals surface area contributed by atoms with Gasteiger partial charge in [-0.25, -0.2) is 4.79 Å². The Balaban J connectivity index is 1.93. The van der Waals surface area contributed by atoms with Gasteiger partial charge in [-0.15, -0.1) is 0 Å². The van der Waals surface area contributed by atoms with Crippen LogP contribution >= 0.6 is 0 Å². The number of allylic oxidation sites excluding steroid dienone is 2. The van der Waals surface area contributed by atoms with Crippen LogP contribution in [0, 0.1) is 17.8 Å². The summed E-state index contributed by atoms with van der Waals surface area (Å²) >= 11 is 0. The van der Waals surface area contributed by atoms with E-state index in [1.807, 2.05) is 13.8 Å². The fourth-order valence-electron chi connectivity index (χ4n) is 3.24. The van der Waals surface area contributed by atoms with E-state index in [9.17, 15) is 9.59 Å². The second-order valence-electron chi connectivity index (χ2n) is 6.69. The number of likely N-dealkylation sites (tertiary alicyclic amines) is 1. The van der Waals surface area contributed by atoms with Crippen LogP contribution < -0.4 is 0 Å². The molecule has 3 atom stereocenters. The third-order valence-electron chi connectivity index (χ3n) is 4.68. The van der Waals surface area contributed by atoms with E-state index in [0.717, 1.165) is 19.3 Å². The molecule has 0 aromatic heterocycles. The van der Waals surface area contributed by atoms with Gasteiger partial charge in [0.25, 0.3) is 0 Å². The van der Waals surface area contributed by atoms with Gasteiger partial charge in [0.15, 0.2) is 0 Å². The highest BCUT2D eigenvalue weighted by Crippen LogP contribution is 2.26. The molecule has 2 aliphatic rings. The van der Waals surface area contributed by atoms with Gasteiger partial charge in [0.05, 0.1) is 6.61 Å². The molecule has 0 aromatic rings. The number of nitrogens with zero attached hydrogens (tertiary/aromatic N) is 1. The van der Waals surface area contributed by atoms with Crippen LogP contribution in [0.5, 0.6) is 0 Å². The lowest BCUT2D eigenvalue weighted by Crippen LogP contribution is -2.46. The molecule has 0 spiro atoms. The summed E-state index contributed by atoms with van der Waals surface area (Å²) in [5.41, 5.74) is 0. The van der Waals surface area contributed by atoms with E-state index in [0.29, 0.717) is 31.4 Å². The summed E-state index contributed by atoms with van der Waals surface area (Å²) in [6.45, 7) is 7.30. The summed E-state index contributed by atoms with van der Waals surface area (Å²) in [7, 11) is 0. The minimum absolute atomic E-state index is 0.0830. The molecule has 0 bridgehead atoms. The maximum Gasteiger partial charge on any atom is 0.329 e. The first kappa shape index (κ1) is 16.1. The van der Waals surface area contributed by atoms with Gasteiger partial charge in [0.2, 0.25) is 5.91 Å². The Bertz CT molecular complexity index is 416. The molecule has 0 saturated carbocycles. The molecule has 0 N–H and O–H groups in total. The third kappa shape index (κ3) is 3.86. The maximum absolute atomic E-state index is 12.4. The van der Waals surface area contributed by atoms with Crippen LogP contribution in [0.1, 0.15) is 46.5 Å². The van der Waals surface area contributed by atoms with Gasteiger partial charge < -0.3 is 9.64 Å². The Morgan fingerprint density at radius 2 is 2.10 bits per heavy atom. The molecule has 0 radical (unpaired) electrons. The van der Waals surface area contributed by atoms with Crippen LogP contribution in [0.4, 0.5) is 0 Å². The van der Waals surface area contributed by atoms with Gasteiger partial charge in [0, 0.05) is 13.0 Å². The number of ether oxygens (including phenoxy) is 1. The van der Waals surface area contributed by atoms with Crippen LogP contribution in [-0.4, -0.2) is 36.0 Å². The zero-order valence-corrected chi connectivity index (χ0v) is 13.4. The molecule has 1 aliphatic heterocycles. The molecule has 1 amide bonds. The summed E-state index contributed by atoms with van der Waals surface area (Å²) in [6, 6.07) is -0.422. The molecular formula is C17H27NO3. The van der Waals surface area contributed by atoms with Crippen LogP contribution in [-0.2, 0) is 14.3 Å². The normalized spacial score (nSPS) is 27.2. The molecule has 1 aliphatic carbocycles. The average molecular weight is 293 g/mol. The summed E-state index contributed by atoms with van der Waals surface area (Å²) in [6.07, 6.45) is 7.80. The van der Waals surface area contributed by atoms with E-state index in [4.69, 9.17) is 4.74 Å². The van der Waals surface area contributed by atoms with E-state index < -0.39 is 6.04 Å². The lowest BCUT2D eigenvalue weighted by Gasteiger charge is -2.30. The minimum Gasteiger partial charge on any atom is -0.464 e. The smallest absolute Gasteiger partial charge is 0.329 e. The molecular weight excluding hydrogens is 266 g/mol. The van der Waals surface area contributed by atoms with Crippen molar-refractivity contribution >= 4 is 11.9 Å². The van der Waals surface area contributed by atoms with Crippen molar-refractivity contribution in [1.29, 1.82) is 0 Å². The molecule has 118 valence electrons. The SMILES string of the molecule is CC(C)C(C(=O)OCC1CC=CCC1C)N1CCCC1=O. The predicted molar refractivity (Wildman–Crippen MR) is 81.6 cm³/mol. The minimum atomic E-state index is -0.422. The number of rotatable bonds is 5. The zero-order chi connectivity index (χ0) is 15.4. The fraction of sp³-hybridized carbons (Fsp3) is 0.765. The number of amides is 1. The van der Waals surface area contributed by atoms with Crippen LogP contribution in [0.25, 0.3) is 0 Å². The summed E-state index contributed by atoms with van der Waals surface area (Å²) in [4.78, 5) is 26.0. The zero-order valence-electron chi connectivity index (χ0n) is 13.4. The summed E-state index contributed by atoms with van der Waals surface area (Å²) in [5.74, 6) is 0.889.